The molecular weight excluding hydrogens is 535 g/mol. The first-order valence-electron chi connectivity index (χ1n) is 13.3. The Kier molecular flexibility index (Phi) is 7.06. The molecule has 3 fully saturated rings. The zero-order valence-electron chi connectivity index (χ0n) is 21.6. The van der Waals surface area contributed by atoms with Crippen LogP contribution in [0.2, 0.25) is 5.02 Å². The molecule has 3 aliphatic rings. The normalized spacial score (nSPS) is 20.6. The smallest absolute Gasteiger partial charge is 0.318 e. The highest BCUT2D eigenvalue weighted by Gasteiger charge is 2.40. The minimum Gasteiger partial charge on any atom is -0.457 e. The van der Waals surface area contributed by atoms with E-state index in [1.54, 1.807) is 23.1 Å². The van der Waals surface area contributed by atoms with Gasteiger partial charge in [-0.3, -0.25) is 9.59 Å². The Bertz CT molecular complexity index is 1470. The van der Waals surface area contributed by atoms with Crippen molar-refractivity contribution < 1.29 is 23.5 Å². The summed E-state index contributed by atoms with van der Waals surface area (Å²) in [7, 11) is 0. The van der Waals surface area contributed by atoms with E-state index >= 15 is 0 Å². The second-order valence-electron chi connectivity index (χ2n) is 10.4. The lowest BCUT2D eigenvalue weighted by Crippen LogP contribution is -2.37. The van der Waals surface area contributed by atoms with Gasteiger partial charge >= 0.3 is 6.03 Å². The average molecular weight is 563 g/mol. The summed E-state index contributed by atoms with van der Waals surface area (Å²) >= 11 is 5.84. The van der Waals surface area contributed by atoms with Crippen LogP contribution in [0.25, 0.3) is 0 Å². The van der Waals surface area contributed by atoms with Crippen molar-refractivity contribution in [2.45, 2.75) is 43.9 Å². The first kappa shape index (κ1) is 26.1. The fourth-order valence-electron chi connectivity index (χ4n) is 5.23. The standard InChI is InChI=1S/C30H28ClFN4O4/c31-24-11-10-23(14-25(24)32)40-27-12-19(29(38)33-21-13-28(37)36(16-21)22-8-9-22)6-7-20(27)15-35-17-26(34-30(35)39)18-4-2-1-3-5-18/h1-7,10-12,14,21-22,26H,8-9,13,15-17H2,(H,33,38)(H,34,39). The Morgan fingerprint density at radius 2 is 1.85 bits per heavy atom. The van der Waals surface area contributed by atoms with Crippen LogP contribution < -0.4 is 15.4 Å². The molecule has 2 atom stereocenters. The lowest BCUT2D eigenvalue weighted by atomic mass is 10.1. The second-order valence-corrected chi connectivity index (χ2v) is 10.9. The van der Waals surface area contributed by atoms with Crippen LogP contribution in [-0.2, 0) is 11.3 Å². The summed E-state index contributed by atoms with van der Waals surface area (Å²) in [5.74, 6) is -0.389. The molecule has 2 heterocycles. The van der Waals surface area contributed by atoms with E-state index in [0.717, 1.165) is 18.4 Å². The molecule has 0 radical (unpaired) electrons. The van der Waals surface area contributed by atoms with Gasteiger partial charge in [-0.15, -0.1) is 0 Å². The number of hydrogen-bond acceptors (Lipinski definition) is 4. The zero-order valence-corrected chi connectivity index (χ0v) is 22.4. The fourth-order valence-corrected chi connectivity index (χ4v) is 5.35. The lowest BCUT2D eigenvalue weighted by molar-refractivity contribution is -0.128. The number of benzene rings is 3. The number of carbonyl (C=O) groups is 3. The maximum Gasteiger partial charge on any atom is 0.318 e. The summed E-state index contributed by atoms with van der Waals surface area (Å²) in [4.78, 5) is 41.8. The number of hydrogen-bond donors (Lipinski definition) is 2. The van der Waals surface area contributed by atoms with Gasteiger partial charge < -0.3 is 25.2 Å². The number of nitrogens with one attached hydrogen (secondary N) is 2. The van der Waals surface area contributed by atoms with Crippen LogP contribution in [-0.4, -0.2) is 52.8 Å². The van der Waals surface area contributed by atoms with E-state index in [1.807, 2.05) is 35.2 Å². The number of urea groups is 1. The average Bonchev–Trinajstić information content (AvgIpc) is 3.63. The molecule has 3 aromatic rings. The molecular formula is C30H28ClFN4O4. The Hall–Kier alpha value is -4.11. The highest BCUT2D eigenvalue weighted by Crippen LogP contribution is 2.33. The van der Waals surface area contributed by atoms with Crippen molar-refractivity contribution in [3.8, 4) is 11.5 Å². The molecule has 0 aromatic heterocycles. The molecule has 206 valence electrons. The van der Waals surface area contributed by atoms with Crippen LogP contribution in [0.15, 0.2) is 66.7 Å². The highest BCUT2D eigenvalue weighted by atomic mass is 35.5. The number of rotatable bonds is 8. The quantitative estimate of drug-likeness (QED) is 0.403. The molecule has 6 rings (SSSR count). The van der Waals surface area contributed by atoms with Gasteiger partial charge in [-0.2, -0.15) is 0 Å². The third kappa shape index (κ3) is 5.60. The highest BCUT2D eigenvalue weighted by molar-refractivity contribution is 6.30. The topological polar surface area (TPSA) is 91.0 Å². The Morgan fingerprint density at radius 3 is 2.60 bits per heavy atom. The minimum absolute atomic E-state index is 0.0345. The van der Waals surface area contributed by atoms with E-state index in [2.05, 4.69) is 10.6 Å². The van der Waals surface area contributed by atoms with Gasteiger partial charge in [-0.25, -0.2) is 9.18 Å². The molecule has 2 N–H and O–H groups in total. The molecule has 1 aliphatic carbocycles. The van der Waals surface area contributed by atoms with Gasteiger partial charge in [0, 0.05) is 42.7 Å². The zero-order chi connectivity index (χ0) is 27.8. The van der Waals surface area contributed by atoms with Crippen molar-refractivity contribution >= 4 is 29.4 Å². The van der Waals surface area contributed by atoms with E-state index in [9.17, 15) is 18.8 Å². The summed E-state index contributed by atoms with van der Waals surface area (Å²) in [5.41, 5.74) is 1.98. The number of amides is 4. The summed E-state index contributed by atoms with van der Waals surface area (Å²) < 4.78 is 20.2. The molecule has 0 bridgehead atoms. The monoisotopic (exact) mass is 562 g/mol. The predicted molar refractivity (Wildman–Crippen MR) is 147 cm³/mol. The number of nitrogens with zero attached hydrogens (tertiary/aromatic N) is 2. The van der Waals surface area contributed by atoms with Crippen molar-refractivity contribution in [1.82, 2.24) is 20.4 Å². The predicted octanol–water partition coefficient (Wildman–Crippen LogP) is 5.03. The van der Waals surface area contributed by atoms with E-state index in [1.165, 1.54) is 18.2 Å². The molecule has 2 aliphatic heterocycles. The number of halogens is 2. The third-order valence-corrected chi connectivity index (χ3v) is 7.79. The molecule has 2 unspecified atom stereocenters. The van der Waals surface area contributed by atoms with Crippen molar-refractivity contribution in [3.63, 3.8) is 0 Å². The van der Waals surface area contributed by atoms with Crippen LogP contribution in [0.3, 0.4) is 0 Å². The van der Waals surface area contributed by atoms with Crippen molar-refractivity contribution in [2.24, 2.45) is 0 Å². The first-order valence-corrected chi connectivity index (χ1v) is 13.7. The molecule has 8 nitrogen and oxygen atoms in total. The second kappa shape index (κ2) is 10.8. The third-order valence-electron chi connectivity index (χ3n) is 7.48. The maximum absolute atomic E-state index is 14.2. The molecule has 0 spiro atoms. The maximum atomic E-state index is 14.2. The Morgan fingerprint density at radius 1 is 1.05 bits per heavy atom. The number of likely N-dealkylation sites (tertiary alicyclic amines) is 1. The van der Waals surface area contributed by atoms with E-state index in [0.29, 0.717) is 36.0 Å². The molecule has 10 heteroatoms. The number of carbonyl (C=O) groups excluding carboxylic acids is 3. The van der Waals surface area contributed by atoms with Crippen molar-refractivity contribution in [3.05, 3.63) is 94.3 Å². The van der Waals surface area contributed by atoms with Gasteiger partial charge in [0.05, 0.1) is 23.7 Å². The number of ether oxygens (including phenoxy) is 1. The first-order chi connectivity index (χ1) is 19.3. The van der Waals surface area contributed by atoms with Crippen LogP contribution in [0.1, 0.15) is 46.8 Å². The van der Waals surface area contributed by atoms with Crippen LogP contribution in [0.5, 0.6) is 11.5 Å². The van der Waals surface area contributed by atoms with Gasteiger partial charge in [0.15, 0.2) is 0 Å². The van der Waals surface area contributed by atoms with Gasteiger partial charge in [0.25, 0.3) is 5.91 Å². The molecule has 4 amide bonds. The van der Waals surface area contributed by atoms with Crippen LogP contribution >= 0.6 is 11.6 Å². The van der Waals surface area contributed by atoms with E-state index < -0.39 is 5.82 Å². The molecule has 1 saturated carbocycles. The summed E-state index contributed by atoms with van der Waals surface area (Å²) in [6, 6.07) is 18.4. The van der Waals surface area contributed by atoms with Crippen LogP contribution in [0.4, 0.5) is 9.18 Å². The van der Waals surface area contributed by atoms with Crippen molar-refractivity contribution in [1.29, 1.82) is 0 Å². The van der Waals surface area contributed by atoms with Crippen LogP contribution in [0, 0.1) is 5.82 Å². The van der Waals surface area contributed by atoms with Gasteiger partial charge in [0.2, 0.25) is 5.91 Å². The summed E-state index contributed by atoms with van der Waals surface area (Å²) in [6.07, 6.45) is 2.31. The molecule has 2 saturated heterocycles. The van der Waals surface area contributed by atoms with Gasteiger partial charge in [-0.05, 0) is 42.7 Å². The van der Waals surface area contributed by atoms with Gasteiger partial charge in [-0.1, -0.05) is 48.0 Å². The SMILES string of the molecule is O=C(NC1CC(=O)N(C2CC2)C1)c1ccc(CN2CC(c3ccccc3)NC2=O)c(Oc2ccc(Cl)c(F)c2)c1. The van der Waals surface area contributed by atoms with Crippen molar-refractivity contribution in [2.75, 3.05) is 13.1 Å². The van der Waals surface area contributed by atoms with E-state index in [-0.39, 0.29) is 53.7 Å². The summed E-state index contributed by atoms with van der Waals surface area (Å²) in [6.45, 7) is 1.18. The Labute approximate surface area is 236 Å². The van der Waals surface area contributed by atoms with Gasteiger partial charge in [0.1, 0.15) is 17.3 Å². The molecule has 40 heavy (non-hydrogen) atoms. The molecule has 3 aromatic carbocycles. The summed E-state index contributed by atoms with van der Waals surface area (Å²) in [5, 5.41) is 5.93. The lowest BCUT2D eigenvalue weighted by Gasteiger charge is -2.19. The Balaban J connectivity index is 1.22. The largest absolute Gasteiger partial charge is 0.457 e. The van der Waals surface area contributed by atoms with E-state index in [4.69, 9.17) is 16.3 Å². The fraction of sp³-hybridized carbons (Fsp3) is 0.300. The minimum atomic E-state index is -0.634.